The fourth-order valence-electron chi connectivity index (χ4n) is 2.19. The molecule has 2 nitrogen and oxygen atoms in total. The number of hydrogen-bond donors (Lipinski definition) is 2. The van der Waals surface area contributed by atoms with Crippen molar-refractivity contribution >= 4 is 15.9 Å². The molecule has 0 aliphatic heterocycles. The molecule has 0 saturated heterocycles. The zero-order valence-corrected chi connectivity index (χ0v) is 13.1. The number of rotatable bonds is 3. The van der Waals surface area contributed by atoms with E-state index in [1.807, 2.05) is 0 Å². The molecule has 0 bridgehead atoms. The third-order valence-electron chi connectivity index (χ3n) is 3.49. The summed E-state index contributed by atoms with van der Waals surface area (Å²) in [7, 11) is 0. The number of nitrogens with two attached hydrogens (primary N) is 1. The van der Waals surface area contributed by atoms with Crippen molar-refractivity contribution in [1.29, 1.82) is 0 Å². The number of halogens is 1. The molecule has 0 amide bonds. The maximum Gasteiger partial charge on any atom is 0.0721 e. The Hall–Kier alpha value is -1.16. The van der Waals surface area contributed by atoms with Crippen LogP contribution < -0.4 is 11.3 Å². The Bertz CT molecular complexity index is 593. The predicted molar refractivity (Wildman–Crippen MR) is 84.0 cm³/mol. The number of aryl methyl sites for hydroxylation is 3. The molecule has 19 heavy (non-hydrogen) atoms. The van der Waals surface area contributed by atoms with E-state index >= 15 is 0 Å². The van der Waals surface area contributed by atoms with Crippen molar-refractivity contribution in [2.45, 2.75) is 26.8 Å². The number of benzene rings is 2. The zero-order chi connectivity index (χ0) is 14.0. The van der Waals surface area contributed by atoms with E-state index in [2.05, 4.69) is 78.5 Å². The van der Waals surface area contributed by atoms with Crippen molar-refractivity contribution in [1.82, 2.24) is 5.43 Å². The highest BCUT2D eigenvalue weighted by atomic mass is 79.9. The van der Waals surface area contributed by atoms with E-state index in [0.717, 1.165) is 10.0 Å². The first-order chi connectivity index (χ1) is 9.02. The first kappa shape index (κ1) is 14.3. The summed E-state index contributed by atoms with van der Waals surface area (Å²) in [6, 6.07) is 12.8. The van der Waals surface area contributed by atoms with Gasteiger partial charge in [-0.15, -0.1) is 0 Å². The largest absolute Gasteiger partial charge is 0.271 e. The Morgan fingerprint density at radius 1 is 1.00 bits per heavy atom. The summed E-state index contributed by atoms with van der Waals surface area (Å²) in [5.41, 5.74) is 9.05. The molecule has 2 rings (SSSR count). The summed E-state index contributed by atoms with van der Waals surface area (Å²) < 4.78 is 1.07. The maximum atomic E-state index is 5.77. The van der Waals surface area contributed by atoms with Gasteiger partial charge in [0.15, 0.2) is 0 Å². The van der Waals surface area contributed by atoms with Gasteiger partial charge in [-0.3, -0.25) is 5.84 Å². The highest BCUT2D eigenvalue weighted by molar-refractivity contribution is 9.10. The third-order valence-corrected chi connectivity index (χ3v) is 4.22. The normalized spacial score (nSPS) is 12.5. The van der Waals surface area contributed by atoms with E-state index < -0.39 is 0 Å². The van der Waals surface area contributed by atoms with Gasteiger partial charge in [0.25, 0.3) is 0 Å². The van der Waals surface area contributed by atoms with Crippen LogP contribution in [0, 0.1) is 20.8 Å². The minimum atomic E-state index is -0.00595. The molecule has 3 heteroatoms. The Morgan fingerprint density at radius 2 is 1.74 bits per heavy atom. The second kappa shape index (κ2) is 5.87. The highest BCUT2D eigenvalue weighted by Crippen LogP contribution is 2.29. The lowest BCUT2D eigenvalue weighted by atomic mass is 9.95. The van der Waals surface area contributed by atoms with Crippen LogP contribution >= 0.6 is 15.9 Å². The minimum Gasteiger partial charge on any atom is -0.271 e. The Labute approximate surface area is 123 Å². The van der Waals surface area contributed by atoms with Crippen LogP contribution in [0.2, 0.25) is 0 Å². The number of hydrazine groups is 1. The predicted octanol–water partition coefficient (Wildman–Crippen LogP) is 3.93. The maximum absolute atomic E-state index is 5.77. The van der Waals surface area contributed by atoms with Crippen LogP contribution in [-0.4, -0.2) is 0 Å². The molecule has 0 saturated carbocycles. The van der Waals surface area contributed by atoms with Gasteiger partial charge in [-0.05, 0) is 49.1 Å². The first-order valence-electron chi connectivity index (χ1n) is 6.32. The lowest BCUT2D eigenvalue weighted by Gasteiger charge is -2.20. The summed E-state index contributed by atoms with van der Waals surface area (Å²) in [6.07, 6.45) is 0. The summed E-state index contributed by atoms with van der Waals surface area (Å²) in [6.45, 7) is 6.33. The molecule has 0 aliphatic carbocycles. The SMILES string of the molecule is Cc1ccc(Br)c(C(NN)c2ccc(C)c(C)c2)c1. The van der Waals surface area contributed by atoms with E-state index in [0.29, 0.717) is 0 Å². The molecule has 0 heterocycles. The minimum absolute atomic E-state index is 0.00595. The molecule has 2 aromatic rings. The number of hydrogen-bond acceptors (Lipinski definition) is 2. The fourth-order valence-corrected chi connectivity index (χ4v) is 2.67. The van der Waals surface area contributed by atoms with Gasteiger partial charge in [0.05, 0.1) is 6.04 Å². The third kappa shape index (κ3) is 3.06. The Morgan fingerprint density at radius 3 is 2.37 bits per heavy atom. The molecule has 2 aromatic carbocycles. The molecule has 0 radical (unpaired) electrons. The highest BCUT2D eigenvalue weighted by Gasteiger charge is 2.16. The van der Waals surface area contributed by atoms with Crippen molar-refractivity contribution in [3.63, 3.8) is 0 Å². The monoisotopic (exact) mass is 318 g/mol. The van der Waals surface area contributed by atoms with E-state index in [4.69, 9.17) is 5.84 Å². The molecule has 0 fully saturated rings. The van der Waals surface area contributed by atoms with Crippen molar-refractivity contribution in [2.24, 2.45) is 5.84 Å². The summed E-state index contributed by atoms with van der Waals surface area (Å²) in [5, 5.41) is 0. The van der Waals surface area contributed by atoms with E-state index in [1.165, 1.54) is 22.3 Å². The van der Waals surface area contributed by atoms with Crippen LogP contribution in [0.15, 0.2) is 40.9 Å². The van der Waals surface area contributed by atoms with Crippen LogP contribution in [-0.2, 0) is 0 Å². The van der Waals surface area contributed by atoms with Gasteiger partial charge >= 0.3 is 0 Å². The first-order valence-corrected chi connectivity index (χ1v) is 7.11. The van der Waals surface area contributed by atoms with Crippen LogP contribution in [0.25, 0.3) is 0 Å². The van der Waals surface area contributed by atoms with Gasteiger partial charge in [0, 0.05) is 4.47 Å². The fraction of sp³-hybridized carbons (Fsp3) is 0.250. The molecule has 100 valence electrons. The van der Waals surface area contributed by atoms with Crippen LogP contribution in [0.3, 0.4) is 0 Å². The van der Waals surface area contributed by atoms with Crippen molar-refractivity contribution in [3.05, 3.63) is 68.7 Å². The molecule has 3 N–H and O–H groups in total. The summed E-state index contributed by atoms with van der Waals surface area (Å²) in [4.78, 5) is 0. The van der Waals surface area contributed by atoms with Gasteiger partial charge in [-0.25, -0.2) is 5.43 Å². The smallest absolute Gasteiger partial charge is 0.0721 e. The van der Waals surface area contributed by atoms with Crippen molar-refractivity contribution in [2.75, 3.05) is 0 Å². The zero-order valence-electron chi connectivity index (χ0n) is 11.5. The van der Waals surface area contributed by atoms with Crippen LogP contribution in [0.5, 0.6) is 0 Å². The van der Waals surface area contributed by atoms with Crippen molar-refractivity contribution in [3.8, 4) is 0 Å². The average Bonchev–Trinajstić information content (AvgIpc) is 2.38. The van der Waals surface area contributed by atoms with Crippen molar-refractivity contribution < 1.29 is 0 Å². The molecule has 0 aromatic heterocycles. The summed E-state index contributed by atoms with van der Waals surface area (Å²) in [5.74, 6) is 5.77. The van der Waals surface area contributed by atoms with Gasteiger partial charge in [-0.1, -0.05) is 51.8 Å². The quantitative estimate of drug-likeness (QED) is 0.664. The van der Waals surface area contributed by atoms with E-state index in [-0.39, 0.29) is 6.04 Å². The standard InChI is InChI=1S/C16H19BrN2/c1-10-4-7-15(17)14(8-10)16(19-18)13-6-5-11(2)12(3)9-13/h4-9,16,19H,18H2,1-3H3. The Balaban J connectivity index is 2.49. The van der Waals surface area contributed by atoms with Gasteiger partial charge in [-0.2, -0.15) is 0 Å². The second-order valence-electron chi connectivity index (χ2n) is 4.97. The second-order valence-corrected chi connectivity index (χ2v) is 5.82. The molecule has 0 spiro atoms. The Kier molecular flexibility index (Phi) is 4.40. The lowest BCUT2D eigenvalue weighted by Crippen LogP contribution is -2.29. The van der Waals surface area contributed by atoms with Crippen LogP contribution in [0.1, 0.15) is 33.9 Å². The molecule has 1 atom stereocenters. The molecule has 1 unspecified atom stereocenters. The van der Waals surface area contributed by atoms with E-state index in [1.54, 1.807) is 0 Å². The molecular formula is C16H19BrN2. The summed E-state index contributed by atoms with van der Waals surface area (Å²) >= 11 is 3.61. The van der Waals surface area contributed by atoms with Gasteiger partial charge < -0.3 is 0 Å². The van der Waals surface area contributed by atoms with E-state index in [9.17, 15) is 0 Å². The topological polar surface area (TPSA) is 38.0 Å². The molecule has 0 aliphatic rings. The number of nitrogens with one attached hydrogen (secondary N) is 1. The van der Waals surface area contributed by atoms with Gasteiger partial charge in [0.2, 0.25) is 0 Å². The molecular weight excluding hydrogens is 300 g/mol. The van der Waals surface area contributed by atoms with Crippen LogP contribution in [0.4, 0.5) is 0 Å². The average molecular weight is 319 g/mol. The van der Waals surface area contributed by atoms with Gasteiger partial charge in [0.1, 0.15) is 0 Å². The lowest BCUT2D eigenvalue weighted by molar-refractivity contribution is 0.633.